The van der Waals surface area contributed by atoms with E-state index in [2.05, 4.69) is 10.6 Å². The van der Waals surface area contributed by atoms with Crippen LogP contribution in [0.4, 0.5) is 15.8 Å². The summed E-state index contributed by atoms with van der Waals surface area (Å²) in [5.41, 5.74) is 1.92. The number of carbonyl (C=O) groups is 2. The van der Waals surface area contributed by atoms with Gasteiger partial charge in [-0.2, -0.15) is 0 Å². The molecule has 5 nitrogen and oxygen atoms in total. The van der Waals surface area contributed by atoms with Crippen molar-refractivity contribution in [2.24, 2.45) is 0 Å². The topological polar surface area (TPSA) is 67.4 Å². The average molecular weight is 382 g/mol. The van der Waals surface area contributed by atoms with Gasteiger partial charge in [-0.3, -0.25) is 9.59 Å². The summed E-state index contributed by atoms with van der Waals surface area (Å²) in [6, 6.07) is 14.8. The molecule has 2 heterocycles. The van der Waals surface area contributed by atoms with E-state index in [1.807, 2.05) is 6.07 Å². The summed E-state index contributed by atoms with van der Waals surface area (Å²) in [6.07, 6.45) is -0.547. The van der Waals surface area contributed by atoms with Crippen LogP contribution >= 0.6 is 11.3 Å². The smallest absolute Gasteiger partial charge is 0.265 e. The van der Waals surface area contributed by atoms with Crippen molar-refractivity contribution in [3.8, 4) is 16.2 Å². The maximum atomic E-state index is 13.0. The normalized spacial score (nSPS) is 15.5. The molecular formula is C20H15FN2O3S. The molecule has 0 aliphatic carbocycles. The number of ether oxygens (including phenoxy) is 1. The van der Waals surface area contributed by atoms with Gasteiger partial charge < -0.3 is 15.4 Å². The molecule has 136 valence electrons. The van der Waals surface area contributed by atoms with Crippen molar-refractivity contribution in [3.05, 3.63) is 65.3 Å². The van der Waals surface area contributed by atoms with E-state index >= 15 is 0 Å². The molecule has 0 spiro atoms. The predicted molar refractivity (Wildman–Crippen MR) is 103 cm³/mol. The Morgan fingerprint density at radius 1 is 1.15 bits per heavy atom. The lowest BCUT2D eigenvalue weighted by Gasteiger charge is -2.23. The van der Waals surface area contributed by atoms with Crippen LogP contribution in [0.1, 0.15) is 16.6 Å². The molecule has 0 fully saturated rings. The fourth-order valence-electron chi connectivity index (χ4n) is 2.71. The third-order valence-electron chi connectivity index (χ3n) is 4.13. The molecule has 4 rings (SSSR count). The highest BCUT2D eigenvalue weighted by molar-refractivity contribution is 7.17. The van der Waals surface area contributed by atoms with Gasteiger partial charge >= 0.3 is 0 Å². The zero-order valence-corrected chi connectivity index (χ0v) is 15.1. The van der Waals surface area contributed by atoms with Crippen LogP contribution in [0.15, 0.2) is 54.6 Å². The lowest BCUT2D eigenvalue weighted by atomic mass is 10.2. The number of hydrogen-bond acceptors (Lipinski definition) is 4. The van der Waals surface area contributed by atoms with E-state index in [4.69, 9.17) is 4.74 Å². The molecule has 2 amide bonds. The summed E-state index contributed by atoms with van der Waals surface area (Å²) in [4.78, 5) is 25.6. The quantitative estimate of drug-likeness (QED) is 0.700. The van der Waals surface area contributed by atoms with E-state index < -0.39 is 6.10 Å². The Labute approximate surface area is 158 Å². The fourth-order valence-corrected chi connectivity index (χ4v) is 3.62. The maximum Gasteiger partial charge on any atom is 0.265 e. The van der Waals surface area contributed by atoms with E-state index in [9.17, 15) is 14.0 Å². The minimum Gasteiger partial charge on any atom is -0.479 e. The van der Waals surface area contributed by atoms with Crippen LogP contribution in [-0.2, 0) is 4.79 Å². The first-order valence-corrected chi connectivity index (χ1v) is 9.10. The Morgan fingerprint density at radius 2 is 1.93 bits per heavy atom. The average Bonchev–Trinajstić information content (AvgIpc) is 3.14. The third-order valence-corrected chi connectivity index (χ3v) is 5.26. The van der Waals surface area contributed by atoms with Crippen molar-refractivity contribution in [2.45, 2.75) is 13.0 Å². The Morgan fingerprint density at radius 3 is 2.70 bits per heavy atom. The van der Waals surface area contributed by atoms with Crippen LogP contribution in [0.2, 0.25) is 0 Å². The first kappa shape index (κ1) is 17.2. The van der Waals surface area contributed by atoms with Gasteiger partial charge in [-0.25, -0.2) is 4.39 Å². The van der Waals surface area contributed by atoms with Crippen LogP contribution in [0.5, 0.6) is 5.75 Å². The Kier molecular flexibility index (Phi) is 4.37. The number of fused-ring (bicyclic) bond motifs is 1. The van der Waals surface area contributed by atoms with Crippen molar-refractivity contribution in [1.29, 1.82) is 0 Å². The van der Waals surface area contributed by atoms with E-state index in [-0.39, 0.29) is 17.6 Å². The van der Waals surface area contributed by atoms with Gasteiger partial charge in [0.05, 0.1) is 10.6 Å². The first-order valence-electron chi connectivity index (χ1n) is 8.28. The number of nitrogens with one attached hydrogen (secondary N) is 2. The molecule has 0 radical (unpaired) electrons. The van der Waals surface area contributed by atoms with Crippen LogP contribution in [0.25, 0.3) is 10.4 Å². The van der Waals surface area contributed by atoms with Gasteiger partial charge in [0.2, 0.25) is 0 Å². The molecule has 2 aromatic carbocycles. The summed E-state index contributed by atoms with van der Waals surface area (Å²) in [6.45, 7) is 1.67. The number of anilines is 2. The lowest BCUT2D eigenvalue weighted by molar-refractivity contribution is -0.122. The van der Waals surface area contributed by atoms with Crippen molar-refractivity contribution in [3.63, 3.8) is 0 Å². The monoisotopic (exact) mass is 382 g/mol. The largest absolute Gasteiger partial charge is 0.479 e. The number of halogens is 1. The molecule has 1 aliphatic rings. The summed E-state index contributed by atoms with van der Waals surface area (Å²) in [7, 11) is 0. The van der Waals surface area contributed by atoms with E-state index in [0.717, 1.165) is 10.4 Å². The van der Waals surface area contributed by atoms with Crippen LogP contribution in [0.3, 0.4) is 0 Å². The van der Waals surface area contributed by atoms with E-state index in [1.165, 1.54) is 23.5 Å². The molecule has 0 saturated carbocycles. The van der Waals surface area contributed by atoms with Crippen LogP contribution in [0, 0.1) is 5.82 Å². The molecule has 1 aliphatic heterocycles. The van der Waals surface area contributed by atoms with Gasteiger partial charge in [-0.05, 0) is 55.0 Å². The summed E-state index contributed by atoms with van der Waals surface area (Å²) in [5.74, 6) is -0.223. The minimum absolute atomic E-state index is 0.229. The Hall–Kier alpha value is -3.19. The standard InChI is InChI=1S/C20H15FN2O3S/c1-11-19(24)23-15-10-14(6-7-16(15)26-11)22-20(25)18-9-8-17(27-18)12-2-4-13(21)5-3-12/h2-11H,1H3,(H,22,25)(H,23,24). The Bertz CT molecular complexity index is 1030. The fraction of sp³-hybridized carbons (Fsp3) is 0.100. The van der Waals surface area contributed by atoms with Gasteiger partial charge in [0.25, 0.3) is 11.8 Å². The van der Waals surface area contributed by atoms with Crippen molar-refractivity contribution in [1.82, 2.24) is 0 Å². The Balaban J connectivity index is 1.51. The van der Waals surface area contributed by atoms with Crippen molar-refractivity contribution >= 4 is 34.5 Å². The second-order valence-corrected chi connectivity index (χ2v) is 7.17. The lowest BCUT2D eigenvalue weighted by Crippen LogP contribution is -2.34. The minimum atomic E-state index is -0.547. The number of hydrogen-bond donors (Lipinski definition) is 2. The molecule has 2 N–H and O–H groups in total. The highest BCUT2D eigenvalue weighted by Gasteiger charge is 2.23. The molecule has 0 bridgehead atoms. The zero-order chi connectivity index (χ0) is 19.0. The number of amides is 2. The van der Waals surface area contributed by atoms with Gasteiger partial charge in [0.1, 0.15) is 11.6 Å². The number of rotatable bonds is 3. The molecule has 1 unspecified atom stereocenters. The van der Waals surface area contributed by atoms with E-state index in [1.54, 1.807) is 43.3 Å². The zero-order valence-electron chi connectivity index (χ0n) is 14.3. The molecular weight excluding hydrogens is 367 g/mol. The van der Waals surface area contributed by atoms with Gasteiger partial charge in [-0.15, -0.1) is 11.3 Å². The van der Waals surface area contributed by atoms with Crippen LogP contribution < -0.4 is 15.4 Å². The number of benzene rings is 2. The van der Waals surface area contributed by atoms with Gasteiger partial charge in [-0.1, -0.05) is 12.1 Å². The summed E-state index contributed by atoms with van der Waals surface area (Å²) >= 11 is 1.32. The number of thiophene rings is 1. The highest BCUT2D eigenvalue weighted by Crippen LogP contribution is 2.33. The highest BCUT2D eigenvalue weighted by atomic mass is 32.1. The van der Waals surface area contributed by atoms with Gasteiger partial charge in [0, 0.05) is 10.6 Å². The molecule has 1 aromatic heterocycles. The second-order valence-electron chi connectivity index (χ2n) is 6.09. The van der Waals surface area contributed by atoms with Crippen molar-refractivity contribution < 1.29 is 18.7 Å². The summed E-state index contributed by atoms with van der Waals surface area (Å²) < 4.78 is 18.5. The predicted octanol–water partition coefficient (Wildman–Crippen LogP) is 4.53. The molecule has 7 heteroatoms. The molecule has 3 aromatic rings. The van der Waals surface area contributed by atoms with Crippen molar-refractivity contribution in [2.75, 3.05) is 10.6 Å². The molecule has 1 atom stereocenters. The summed E-state index contributed by atoms with van der Waals surface area (Å²) in [5, 5.41) is 5.56. The molecule has 27 heavy (non-hydrogen) atoms. The maximum absolute atomic E-state index is 13.0. The first-order chi connectivity index (χ1) is 13.0. The third kappa shape index (κ3) is 3.54. The second kappa shape index (κ2) is 6.85. The van der Waals surface area contributed by atoms with E-state index in [0.29, 0.717) is 22.0 Å². The number of carbonyl (C=O) groups excluding carboxylic acids is 2. The molecule has 0 saturated heterocycles. The SMILES string of the molecule is CC1Oc2ccc(NC(=O)c3ccc(-c4ccc(F)cc4)s3)cc2NC1=O. The van der Waals surface area contributed by atoms with Crippen LogP contribution in [-0.4, -0.2) is 17.9 Å². The van der Waals surface area contributed by atoms with Gasteiger partial charge in [0.15, 0.2) is 6.10 Å².